The van der Waals surface area contributed by atoms with Gasteiger partial charge in [-0.25, -0.2) is 4.39 Å². The number of nitrogens with zero attached hydrogens (tertiary/aromatic N) is 1. The van der Waals surface area contributed by atoms with Crippen molar-refractivity contribution in [2.45, 2.75) is 31.0 Å². The van der Waals surface area contributed by atoms with E-state index in [0.29, 0.717) is 23.6 Å². The van der Waals surface area contributed by atoms with Gasteiger partial charge in [-0.15, -0.1) is 0 Å². The first kappa shape index (κ1) is 23.3. The Hall–Kier alpha value is -3.50. The van der Waals surface area contributed by atoms with Gasteiger partial charge >= 0.3 is 0 Å². The van der Waals surface area contributed by atoms with Crippen molar-refractivity contribution in [1.29, 1.82) is 0 Å². The van der Waals surface area contributed by atoms with E-state index in [0.717, 1.165) is 10.5 Å². The number of hydrogen-bond donors (Lipinski definition) is 3. The molecular formula is C25H26FN3O6. The van der Waals surface area contributed by atoms with Crippen LogP contribution in [0, 0.1) is 17.7 Å². The van der Waals surface area contributed by atoms with Gasteiger partial charge in [-0.05, 0) is 49.2 Å². The summed E-state index contributed by atoms with van der Waals surface area (Å²) in [5, 5.41) is 16.2. The molecule has 5 unspecified atom stereocenters. The molecule has 0 aromatic heterocycles. The standard InChI is InChI=1S/C25H26FN3O6/c1-12(30)21-19-20(25(28-21)15-11-14(26)5-6-16(15)27-24(25)33)23(32)29(22(19)31)9-8-13-4-7-17(34-2)18(10-13)35-3/h4-7,10-12,19-21,28,30H,8-9H2,1-3H3,(H,27,33). The summed E-state index contributed by atoms with van der Waals surface area (Å²) >= 11 is 0. The van der Waals surface area contributed by atoms with E-state index < -0.39 is 53.1 Å². The number of nitrogens with one attached hydrogen (secondary N) is 2. The third-order valence-electron chi connectivity index (χ3n) is 7.29. The molecule has 2 aromatic rings. The fourth-order valence-electron chi connectivity index (χ4n) is 5.68. The monoisotopic (exact) mass is 483 g/mol. The maximum Gasteiger partial charge on any atom is 0.250 e. The predicted octanol–water partition coefficient (Wildman–Crippen LogP) is 1.19. The van der Waals surface area contributed by atoms with Crippen LogP contribution >= 0.6 is 0 Å². The number of rotatable bonds is 6. The lowest BCUT2D eigenvalue weighted by molar-refractivity contribution is -0.143. The number of aliphatic hydroxyl groups is 1. The van der Waals surface area contributed by atoms with Crippen LogP contribution in [0.15, 0.2) is 36.4 Å². The summed E-state index contributed by atoms with van der Waals surface area (Å²) in [4.78, 5) is 41.6. The normalized spacial score (nSPS) is 27.7. The van der Waals surface area contributed by atoms with Gasteiger partial charge in [0.15, 0.2) is 11.5 Å². The molecule has 2 saturated heterocycles. The van der Waals surface area contributed by atoms with Crippen molar-refractivity contribution in [2.75, 3.05) is 26.1 Å². The number of methoxy groups -OCH3 is 2. The molecule has 184 valence electrons. The smallest absolute Gasteiger partial charge is 0.250 e. The third-order valence-corrected chi connectivity index (χ3v) is 7.29. The van der Waals surface area contributed by atoms with Gasteiger partial charge in [-0.2, -0.15) is 0 Å². The predicted molar refractivity (Wildman–Crippen MR) is 122 cm³/mol. The van der Waals surface area contributed by atoms with Crippen LogP contribution in [0.25, 0.3) is 0 Å². The van der Waals surface area contributed by atoms with Crippen molar-refractivity contribution in [3.05, 3.63) is 53.3 Å². The molecule has 3 amide bonds. The van der Waals surface area contributed by atoms with Crippen LogP contribution in [0.2, 0.25) is 0 Å². The molecule has 2 aromatic carbocycles. The zero-order valence-corrected chi connectivity index (χ0v) is 19.5. The molecule has 0 bridgehead atoms. The quantitative estimate of drug-likeness (QED) is 0.529. The first-order valence-electron chi connectivity index (χ1n) is 11.4. The number of benzene rings is 2. The van der Waals surface area contributed by atoms with Crippen molar-refractivity contribution < 1.29 is 33.4 Å². The SMILES string of the molecule is COc1ccc(CCN2C(=O)C3C(C(C)O)NC4(C(=O)Nc5ccc(F)cc54)C3C2=O)cc1OC. The Kier molecular flexibility index (Phi) is 5.52. The lowest BCUT2D eigenvalue weighted by Crippen LogP contribution is -2.55. The molecule has 5 atom stereocenters. The lowest BCUT2D eigenvalue weighted by Gasteiger charge is -2.30. The second-order valence-corrected chi connectivity index (χ2v) is 9.13. The molecule has 35 heavy (non-hydrogen) atoms. The molecule has 0 aliphatic carbocycles. The highest BCUT2D eigenvalue weighted by atomic mass is 19.1. The molecule has 0 radical (unpaired) electrons. The van der Waals surface area contributed by atoms with E-state index in [4.69, 9.17) is 9.47 Å². The Bertz CT molecular complexity index is 1230. The van der Waals surface area contributed by atoms with E-state index in [1.54, 1.807) is 12.1 Å². The Labute approximate surface area is 201 Å². The molecule has 5 rings (SSSR count). The molecule has 3 N–H and O–H groups in total. The van der Waals surface area contributed by atoms with Crippen LogP contribution in [-0.4, -0.2) is 60.6 Å². The molecule has 10 heteroatoms. The van der Waals surface area contributed by atoms with Gasteiger partial charge in [0.1, 0.15) is 11.4 Å². The molecule has 3 aliphatic rings. The topological polar surface area (TPSA) is 117 Å². The minimum atomic E-state index is -1.64. The number of halogens is 1. The van der Waals surface area contributed by atoms with Gasteiger partial charge < -0.3 is 19.9 Å². The number of amides is 3. The highest BCUT2D eigenvalue weighted by Gasteiger charge is 2.71. The average molecular weight is 483 g/mol. The van der Waals surface area contributed by atoms with E-state index in [1.807, 2.05) is 6.07 Å². The van der Waals surface area contributed by atoms with Crippen molar-refractivity contribution in [2.24, 2.45) is 11.8 Å². The van der Waals surface area contributed by atoms with Crippen LogP contribution in [0.1, 0.15) is 18.1 Å². The first-order valence-corrected chi connectivity index (χ1v) is 11.4. The summed E-state index contributed by atoms with van der Waals surface area (Å²) in [6.07, 6.45) is -0.677. The second kappa shape index (κ2) is 8.31. The molecule has 9 nitrogen and oxygen atoms in total. The van der Waals surface area contributed by atoms with E-state index >= 15 is 0 Å². The van der Waals surface area contributed by atoms with Crippen LogP contribution in [0.3, 0.4) is 0 Å². The Balaban J connectivity index is 1.49. The minimum absolute atomic E-state index is 0.0837. The fourth-order valence-corrected chi connectivity index (χ4v) is 5.68. The number of carbonyl (C=O) groups is 3. The number of ether oxygens (including phenoxy) is 2. The van der Waals surface area contributed by atoms with Gasteiger partial charge in [0.2, 0.25) is 17.7 Å². The Morgan fingerprint density at radius 2 is 1.83 bits per heavy atom. The summed E-state index contributed by atoms with van der Waals surface area (Å²) in [6, 6.07) is 8.32. The maximum absolute atomic E-state index is 14.2. The van der Waals surface area contributed by atoms with Gasteiger partial charge in [0.25, 0.3) is 0 Å². The number of fused-ring (bicyclic) bond motifs is 4. The number of hydrogen-bond acceptors (Lipinski definition) is 7. The number of anilines is 1. The van der Waals surface area contributed by atoms with Crippen molar-refractivity contribution in [3.63, 3.8) is 0 Å². The van der Waals surface area contributed by atoms with Crippen LogP contribution in [0.5, 0.6) is 11.5 Å². The number of carbonyl (C=O) groups excluding carboxylic acids is 3. The number of likely N-dealkylation sites (tertiary alicyclic amines) is 1. The molecule has 1 spiro atoms. The summed E-state index contributed by atoms with van der Waals surface area (Å²) in [6.45, 7) is 1.58. The van der Waals surface area contributed by atoms with Gasteiger partial charge in [0.05, 0.1) is 32.2 Å². The van der Waals surface area contributed by atoms with E-state index in [1.165, 1.54) is 39.3 Å². The van der Waals surface area contributed by atoms with Gasteiger partial charge in [-0.1, -0.05) is 6.07 Å². The molecule has 0 saturated carbocycles. The summed E-state index contributed by atoms with van der Waals surface area (Å²) < 4.78 is 24.8. The fraction of sp³-hybridized carbons (Fsp3) is 0.400. The van der Waals surface area contributed by atoms with Gasteiger partial charge in [0, 0.05) is 23.8 Å². The summed E-state index contributed by atoms with van der Waals surface area (Å²) in [7, 11) is 3.05. The average Bonchev–Trinajstić information content (AvgIpc) is 3.43. The van der Waals surface area contributed by atoms with Crippen LogP contribution in [-0.2, 0) is 26.3 Å². The van der Waals surface area contributed by atoms with E-state index in [-0.39, 0.29) is 12.1 Å². The van der Waals surface area contributed by atoms with E-state index in [2.05, 4.69) is 10.6 Å². The third kappa shape index (κ3) is 3.31. The van der Waals surface area contributed by atoms with Crippen LogP contribution < -0.4 is 20.1 Å². The maximum atomic E-state index is 14.2. The summed E-state index contributed by atoms with van der Waals surface area (Å²) in [5.74, 6) is -3.09. The van der Waals surface area contributed by atoms with Crippen LogP contribution in [0.4, 0.5) is 10.1 Å². The zero-order chi connectivity index (χ0) is 25.1. The Morgan fingerprint density at radius 3 is 2.51 bits per heavy atom. The van der Waals surface area contributed by atoms with Gasteiger partial charge in [-0.3, -0.25) is 24.6 Å². The largest absolute Gasteiger partial charge is 0.493 e. The highest BCUT2D eigenvalue weighted by Crippen LogP contribution is 2.53. The number of aliphatic hydroxyl groups excluding tert-OH is 1. The second-order valence-electron chi connectivity index (χ2n) is 9.13. The number of imide groups is 1. The Morgan fingerprint density at radius 1 is 1.09 bits per heavy atom. The van der Waals surface area contributed by atoms with Crippen molar-refractivity contribution >= 4 is 23.4 Å². The van der Waals surface area contributed by atoms with Crippen molar-refractivity contribution in [1.82, 2.24) is 10.2 Å². The molecule has 2 fully saturated rings. The highest BCUT2D eigenvalue weighted by molar-refractivity contribution is 6.15. The lowest BCUT2D eigenvalue weighted by atomic mass is 9.76. The first-order chi connectivity index (χ1) is 16.7. The molecule has 3 heterocycles. The molecule has 3 aliphatic heterocycles. The summed E-state index contributed by atoms with van der Waals surface area (Å²) in [5.41, 5.74) is -0.179. The van der Waals surface area contributed by atoms with Crippen molar-refractivity contribution in [3.8, 4) is 11.5 Å². The zero-order valence-electron chi connectivity index (χ0n) is 19.5. The molecular weight excluding hydrogens is 457 g/mol. The minimum Gasteiger partial charge on any atom is -0.493 e. The van der Waals surface area contributed by atoms with E-state index in [9.17, 15) is 23.9 Å².